The van der Waals surface area contributed by atoms with Gasteiger partial charge in [-0.1, -0.05) is 32.9 Å². The van der Waals surface area contributed by atoms with Crippen molar-refractivity contribution >= 4 is 0 Å². The van der Waals surface area contributed by atoms with Gasteiger partial charge >= 0.3 is 6.18 Å². The fourth-order valence-electron chi connectivity index (χ4n) is 4.14. The van der Waals surface area contributed by atoms with Gasteiger partial charge in [-0.2, -0.15) is 13.2 Å². The zero-order valence-electron chi connectivity index (χ0n) is 18.0. The van der Waals surface area contributed by atoms with Crippen LogP contribution in [-0.4, -0.2) is 45.5 Å². The Morgan fingerprint density at radius 1 is 1.13 bits per heavy atom. The van der Waals surface area contributed by atoms with Crippen LogP contribution in [0.2, 0.25) is 0 Å². The van der Waals surface area contributed by atoms with E-state index in [2.05, 4.69) is 36.1 Å². The van der Waals surface area contributed by atoms with Crippen LogP contribution in [0.15, 0.2) is 36.5 Å². The van der Waals surface area contributed by atoms with Gasteiger partial charge in [-0.05, 0) is 42.4 Å². The summed E-state index contributed by atoms with van der Waals surface area (Å²) in [6.07, 6.45) is -2.49. The van der Waals surface area contributed by atoms with Crippen molar-refractivity contribution in [3.05, 3.63) is 47.8 Å². The number of nitrogens with one attached hydrogen (secondary N) is 1. The number of hydrogen-bond donors (Lipinski definition) is 3. The molecule has 0 aliphatic heterocycles. The SMILES string of the molecule is CC(C)(C)CNC1CC(O)C(CO)C1Cc1ccnc(-c2cccc(C(F)(F)F)c2)n1. The van der Waals surface area contributed by atoms with Gasteiger partial charge in [-0.15, -0.1) is 0 Å². The van der Waals surface area contributed by atoms with E-state index in [1.807, 2.05) is 0 Å². The summed E-state index contributed by atoms with van der Waals surface area (Å²) in [5, 5.41) is 23.8. The minimum absolute atomic E-state index is 0.0124. The molecular formula is C23H30F3N3O2. The summed E-state index contributed by atoms with van der Waals surface area (Å²) >= 11 is 0. The van der Waals surface area contributed by atoms with Crippen LogP contribution in [0.1, 0.15) is 38.4 Å². The van der Waals surface area contributed by atoms with Gasteiger partial charge in [0.15, 0.2) is 5.82 Å². The van der Waals surface area contributed by atoms with Crippen LogP contribution in [0.5, 0.6) is 0 Å². The lowest BCUT2D eigenvalue weighted by atomic mass is 9.88. The lowest BCUT2D eigenvalue weighted by molar-refractivity contribution is -0.137. The average molecular weight is 438 g/mol. The van der Waals surface area contributed by atoms with Crippen molar-refractivity contribution in [2.75, 3.05) is 13.2 Å². The molecule has 3 rings (SSSR count). The molecule has 4 atom stereocenters. The Labute approximate surface area is 180 Å². The molecule has 2 aromatic rings. The Morgan fingerprint density at radius 2 is 1.87 bits per heavy atom. The number of aliphatic hydroxyl groups excluding tert-OH is 2. The molecule has 1 heterocycles. The van der Waals surface area contributed by atoms with Gasteiger partial charge in [0, 0.05) is 42.6 Å². The van der Waals surface area contributed by atoms with E-state index < -0.39 is 17.8 Å². The van der Waals surface area contributed by atoms with Crippen LogP contribution >= 0.6 is 0 Å². The van der Waals surface area contributed by atoms with Crippen molar-refractivity contribution in [3.63, 3.8) is 0 Å². The summed E-state index contributed by atoms with van der Waals surface area (Å²) < 4.78 is 39.2. The Balaban J connectivity index is 1.83. The summed E-state index contributed by atoms with van der Waals surface area (Å²) in [5.74, 6) is -0.113. The molecule has 1 aliphatic rings. The topological polar surface area (TPSA) is 78.3 Å². The van der Waals surface area contributed by atoms with E-state index >= 15 is 0 Å². The summed E-state index contributed by atoms with van der Waals surface area (Å²) in [7, 11) is 0. The first kappa shape index (κ1) is 23.6. The molecule has 1 fully saturated rings. The highest BCUT2D eigenvalue weighted by molar-refractivity contribution is 5.56. The second-order valence-electron chi connectivity index (χ2n) is 9.52. The van der Waals surface area contributed by atoms with Crippen LogP contribution < -0.4 is 5.32 Å². The summed E-state index contributed by atoms with van der Waals surface area (Å²) in [6.45, 7) is 6.99. The van der Waals surface area contributed by atoms with Crippen molar-refractivity contribution in [2.24, 2.45) is 17.3 Å². The van der Waals surface area contributed by atoms with E-state index in [0.717, 1.165) is 18.7 Å². The molecule has 0 spiro atoms. The van der Waals surface area contributed by atoms with E-state index in [1.165, 1.54) is 12.3 Å². The molecule has 1 saturated carbocycles. The first-order valence-corrected chi connectivity index (χ1v) is 10.5. The van der Waals surface area contributed by atoms with Crippen LogP contribution in [-0.2, 0) is 12.6 Å². The number of halogens is 3. The predicted octanol–water partition coefficient (Wildman–Crippen LogP) is 3.70. The Hall–Kier alpha value is -2.03. The smallest absolute Gasteiger partial charge is 0.396 e. The third kappa shape index (κ3) is 6.02. The standard InChI is InChI=1S/C23H30F3N3O2/c1-22(2,3)13-28-19-11-20(31)18(12-30)17(19)10-16-7-8-27-21(29-16)14-5-4-6-15(9-14)23(24,25)26/h4-9,17-20,28,30-31H,10-13H2,1-3H3. The first-order valence-electron chi connectivity index (χ1n) is 10.5. The summed E-state index contributed by atoms with van der Waals surface area (Å²) in [6, 6.07) is 6.70. The molecule has 0 amide bonds. The number of rotatable bonds is 6. The Kier molecular flexibility index (Phi) is 7.03. The van der Waals surface area contributed by atoms with E-state index in [9.17, 15) is 23.4 Å². The molecule has 5 nitrogen and oxygen atoms in total. The molecule has 0 saturated heterocycles. The molecule has 0 radical (unpaired) electrons. The summed E-state index contributed by atoms with van der Waals surface area (Å²) in [4.78, 5) is 8.65. The average Bonchev–Trinajstić information content (AvgIpc) is 3.00. The molecule has 4 unspecified atom stereocenters. The number of nitrogens with zero attached hydrogens (tertiary/aromatic N) is 2. The number of aliphatic hydroxyl groups is 2. The fourth-order valence-corrected chi connectivity index (χ4v) is 4.14. The van der Waals surface area contributed by atoms with Crippen molar-refractivity contribution < 1.29 is 23.4 Å². The highest BCUT2D eigenvalue weighted by atomic mass is 19.4. The Bertz CT molecular complexity index is 883. The van der Waals surface area contributed by atoms with E-state index in [4.69, 9.17) is 0 Å². The zero-order chi connectivity index (χ0) is 22.8. The van der Waals surface area contributed by atoms with Crippen molar-refractivity contribution in [1.82, 2.24) is 15.3 Å². The highest BCUT2D eigenvalue weighted by Gasteiger charge is 2.42. The summed E-state index contributed by atoms with van der Waals surface area (Å²) in [5.41, 5.74) is 0.287. The van der Waals surface area contributed by atoms with Crippen LogP contribution in [0.25, 0.3) is 11.4 Å². The third-order valence-corrected chi connectivity index (χ3v) is 5.77. The molecule has 170 valence electrons. The van der Waals surface area contributed by atoms with Crippen LogP contribution in [0, 0.1) is 17.3 Å². The number of aromatic nitrogens is 2. The monoisotopic (exact) mass is 437 g/mol. The van der Waals surface area contributed by atoms with E-state index in [1.54, 1.807) is 12.1 Å². The van der Waals surface area contributed by atoms with Crippen LogP contribution in [0.3, 0.4) is 0 Å². The molecule has 3 N–H and O–H groups in total. The van der Waals surface area contributed by atoms with Crippen LogP contribution in [0.4, 0.5) is 13.2 Å². The quantitative estimate of drug-likeness (QED) is 0.642. The second-order valence-corrected chi connectivity index (χ2v) is 9.52. The van der Waals surface area contributed by atoms with E-state index in [-0.39, 0.29) is 35.7 Å². The van der Waals surface area contributed by atoms with Gasteiger partial charge in [-0.3, -0.25) is 0 Å². The van der Waals surface area contributed by atoms with Gasteiger partial charge in [0.25, 0.3) is 0 Å². The first-order chi connectivity index (χ1) is 14.5. The zero-order valence-corrected chi connectivity index (χ0v) is 18.0. The molecule has 8 heteroatoms. The molecule has 31 heavy (non-hydrogen) atoms. The van der Waals surface area contributed by atoms with Crippen molar-refractivity contribution in [3.8, 4) is 11.4 Å². The Morgan fingerprint density at radius 3 is 2.52 bits per heavy atom. The minimum Gasteiger partial charge on any atom is -0.396 e. The molecule has 1 aromatic heterocycles. The normalized spacial score (nSPS) is 24.5. The largest absolute Gasteiger partial charge is 0.416 e. The molecular weight excluding hydrogens is 407 g/mol. The van der Waals surface area contributed by atoms with Crippen molar-refractivity contribution in [1.29, 1.82) is 0 Å². The minimum atomic E-state index is -4.44. The maximum absolute atomic E-state index is 13.1. The molecule has 1 aromatic carbocycles. The van der Waals surface area contributed by atoms with Gasteiger partial charge < -0.3 is 15.5 Å². The van der Waals surface area contributed by atoms with Crippen molar-refractivity contribution in [2.45, 2.75) is 51.9 Å². The lowest BCUT2D eigenvalue weighted by Crippen LogP contribution is -2.40. The van der Waals surface area contributed by atoms with Gasteiger partial charge in [0.05, 0.1) is 11.7 Å². The maximum atomic E-state index is 13.1. The molecule has 0 bridgehead atoms. The maximum Gasteiger partial charge on any atom is 0.416 e. The van der Waals surface area contributed by atoms with Gasteiger partial charge in [0.2, 0.25) is 0 Å². The fraction of sp³-hybridized carbons (Fsp3) is 0.565. The molecule has 1 aliphatic carbocycles. The number of benzene rings is 1. The van der Waals surface area contributed by atoms with Gasteiger partial charge in [-0.25, -0.2) is 9.97 Å². The second kappa shape index (κ2) is 9.22. The number of alkyl halides is 3. The third-order valence-electron chi connectivity index (χ3n) is 5.77. The predicted molar refractivity (Wildman–Crippen MR) is 112 cm³/mol. The lowest BCUT2D eigenvalue weighted by Gasteiger charge is -2.28. The van der Waals surface area contributed by atoms with Gasteiger partial charge in [0.1, 0.15) is 0 Å². The number of hydrogen-bond acceptors (Lipinski definition) is 5. The highest BCUT2D eigenvalue weighted by Crippen LogP contribution is 2.36. The van der Waals surface area contributed by atoms with E-state index in [0.29, 0.717) is 24.1 Å².